The molecule has 0 aliphatic heterocycles. The van der Waals surface area contributed by atoms with Gasteiger partial charge in [-0.2, -0.15) is 0 Å². The van der Waals surface area contributed by atoms with Crippen LogP contribution in [0.5, 0.6) is 0 Å². The Morgan fingerprint density at radius 2 is 2.00 bits per heavy atom. The average Bonchev–Trinajstić information content (AvgIpc) is 2.98. The molecule has 24 heavy (non-hydrogen) atoms. The van der Waals surface area contributed by atoms with Gasteiger partial charge in [0.1, 0.15) is 11.2 Å². The number of rotatable bonds is 4. The van der Waals surface area contributed by atoms with Gasteiger partial charge in [-0.25, -0.2) is 14.8 Å². The fourth-order valence-electron chi connectivity index (χ4n) is 2.10. The molecule has 0 bridgehead atoms. The van der Waals surface area contributed by atoms with Crippen molar-refractivity contribution in [1.82, 2.24) is 9.97 Å². The number of carboxylic acid groups (broad SMARTS) is 1. The predicted molar refractivity (Wildman–Crippen MR) is 87.7 cm³/mol. The highest BCUT2D eigenvalue weighted by Crippen LogP contribution is 2.26. The number of fused-ring (bicyclic) bond motifs is 1. The number of hydrogen-bond donors (Lipinski definition) is 2. The van der Waals surface area contributed by atoms with E-state index in [4.69, 9.17) is 9.52 Å². The van der Waals surface area contributed by atoms with E-state index < -0.39 is 5.97 Å². The second-order valence-corrected chi connectivity index (χ2v) is 5.58. The number of amides is 1. The summed E-state index contributed by atoms with van der Waals surface area (Å²) in [5, 5.41) is 11.8. The number of anilines is 1. The third-order valence-electron chi connectivity index (χ3n) is 3.41. The van der Waals surface area contributed by atoms with Gasteiger partial charge in [-0.15, -0.1) is 0 Å². The standard InChI is InChI=1S/C17H15N3O4/c1-9(2)15(21)19-11-3-4-14-12(8-11)20-16(24-14)10-5-6-18-13(7-10)17(22)23/h3-9H,1-2H3,(H,19,21)(H,22,23). The number of pyridine rings is 1. The summed E-state index contributed by atoms with van der Waals surface area (Å²) in [4.78, 5) is 30.9. The molecule has 0 aliphatic rings. The quantitative estimate of drug-likeness (QED) is 0.763. The molecule has 0 unspecified atom stereocenters. The zero-order valence-corrected chi connectivity index (χ0v) is 13.1. The van der Waals surface area contributed by atoms with Crippen LogP contribution < -0.4 is 5.32 Å². The molecule has 1 aromatic carbocycles. The van der Waals surface area contributed by atoms with Crippen molar-refractivity contribution in [3.63, 3.8) is 0 Å². The minimum absolute atomic E-state index is 0.0837. The lowest BCUT2D eigenvalue weighted by atomic mass is 10.2. The van der Waals surface area contributed by atoms with Crippen molar-refractivity contribution in [1.29, 1.82) is 0 Å². The van der Waals surface area contributed by atoms with Crippen LogP contribution >= 0.6 is 0 Å². The summed E-state index contributed by atoms with van der Waals surface area (Å²) >= 11 is 0. The highest BCUT2D eigenvalue weighted by atomic mass is 16.4. The number of nitrogens with one attached hydrogen (secondary N) is 1. The Hall–Kier alpha value is -3.22. The van der Waals surface area contributed by atoms with Gasteiger partial charge in [-0.3, -0.25) is 4.79 Å². The first-order valence-electron chi connectivity index (χ1n) is 7.35. The summed E-state index contributed by atoms with van der Waals surface area (Å²) in [5.41, 5.74) is 2.18. The number of carbonyl (C=O) groups is 2. The van der Waals surface area contributed by atoms with Crippen molar-refractivity contribution < 1.29 is 19.1 Å². The number of nitrogens with zero attached hydrogens (tertiary/aromatic N) is 2. The van der Waals surface area contributed by atoms with Gasteiger partial charge in [0.15, 0.2) is 5.58 Å². The Morgan fingerprint density at radius 3 is 2.71 bits per heavy atom. The van der Waals surface area contributed by atoms with E-state index in [1.165, 1.54) is 12.3 Å². The van der Waals surface area contributed by atoms with Crippen molar-refractivity contribution in [3.05, 3.63) is 42.2 Å². The van der Waals surface area contributed by atoms with Crippen molar-refractivity contribution in [3.8, 4) is 11.5 Å². The largest absolute Gasteiger partial charge is 0.477 e. The maximum atomic E-state index is 11.8. The zero-order chi connectivity index (χ0) is 17.3. The molecule has 122 valence electrons. The summed E-state index contributed by atoms with van der Waals surface area (Å²) in [5.74, 6) is -1.04. The zero-order valence-electron chi connectivity index (χ0n) is 13.1. The second-order valence-electron chi connectivity index (χ2n) is 5.58. The summed E-state index contributed by atoms with van der Waals surface area (Å²) in [7, 11) is 0. The molecule has 2 aromatic heterocycles. The molecule has 3 rings (SSSR count). The Labute approximate surface area is 137 Å². The highest BCUT2D eigenvalue weighted by Gasteiger charge is 2.13. The lowest BCUT2D eigenvalue weighted by Gasteiger charge is -2.06. The molecule has 2 heterocycles. The molecule has 0 spiro atoms. The fourth-order valence-corrected chi connectivity index (χ4v) is 2.10. The van der Waals surface area contributed by atoms with Crippen LogP contribution in [0.15, 0.2) is 40.9 Å². The molecule has 0 atom stereocenters. The van der Waals surface area contributed by atoms with Crippen LogP contribution in [0.2, 0.25) is 0 Å². The van der Waals surface area contributed by atoms with E-state index in [9.17, 15) is 9.59 Å². The van der Waals surface area contributed by atoms with Crippen molar-refractivity contribution in [2.24, 2.45) is 5.92 Å². The van der Waals surface area contributed by atoms with Crippen LogP contribution in [-0.4, -0.2) is 27.0 Å². The normalized spacial score (nSPS) is 11.0. The molecule has 0 fully saturated rings. The smallest absolute Gasteiger partial charge is 0.354 e. The highest BCUT2D eigenvalue weighted by molar-refractivity contribution is 5.94. The maximum Gasteiger partial charge on any atom is 0.354 e. The minimum atomic E-state index is -1.12. The minimum Gasteiger partial charge on any atom is -0.477 e. The molecule has 0 saturated heterocycles. The molecular formula is C17H15N3O4. The molecule has 0 radical (unpaired) electrons. The Kier molecular flexibility index (Phi) is 3.99. The van der Waals surface area contributed by atoms with Crippen LogP contribution in [0.25, 0.3) is 22.6 Å². The number of aromatic nitrogens is 2. The van der Waals surface area contributed by atoms with Crippen molar-refractivity contribution >= 4 is 28.7 Å². The van der Waals surface area contributed by atoms with Crippen LogP contribution in [-0.2, 0) is 4.79 Å². The summed E-state index contributed by atoms with van der Waals surface area (Å²) < 4.78 is 5.65. The van der Waals surface area contributed by atoms with E-state index >= 15 is 0 Å². The van der Waals surface area contributed by atoms with E-state index in [0.29, 0.717) is 28.2 Å². The van der Waals surface area contributed by atoms with Crippen LogP contribution in [0, 0.1) is 5.92 Å². The average molecular weight is 325 g/mol. The lowest BCUT2D eigenvalue weighted by molar-refractivity contribution is -0.118. The van der Waals surface area contributed by atoms with E-state index in [1.54, 1.807) is 24.3 Å². The van der Waals surface area contributed by atoms with E-state index in [1.807, 2.05) is 13.8 Å². The number of carbonyl (C=O) groups excluding carboxylic acids is 1. The van der Waals surface area contributed by atoms with Gasteiger partial charge in [0.2, 0.25) is 11.8 Å². The molecule has 0 aliphatic carbocycles. The Bertz CT molecular complexity index is 930. The number of hydrogen-bond acceptors (Lipinski definition) is 5. The monoisotopic (exact) mass is 325 g/mol. The topological polar surface area (TPSA) is 105 Å². The molecule has 7 heteroatoms. The number of aromatic carboxylic acids is 1. The van der Waals surface area contributed by atoms with Gasteiger partial charge in [0.05, 0.1) is 0 Å². The molecule has 2 N–H and O–H groups in total. The number of benzene rings is 1. The summed E-state index contributed by atoms with van der Waals surface area (Å²) in [6, 6.07) is 8.17. The van der Waals surface area contributed by atoms with Gasteiger partial charge in [0.25, 0.3) is 0 Å². The van der Waals surface area contributed by atoms with Crippen molar-refractivity contribution in [2.45, 2.75) is 13.8 Å². The maximum absolute atomic E-state index is 11.8. The molecule has 7 nitrogen and oxygen atoms in total. The summed E-state index contributed by atoms with van der Waals surface area (Å²) in [6.07, 6.45) is 1.39. The van der Waals surface area contributed by atoms with Gasteiger partial charge >= 0.3 is 5.97 Å². The molecule has 1 amide bonds. The number of carboxylic acids is 1. The first-order valence-corrected chi connectivity index (χ1v) is 7.35. The van der Waals surface area contributed by atoms with Gasteiger partial charge in [-0.1, -0.05) is 13.8 Å². The first-order chi connectivity index (χ1) is 11.4. The van der Waals surface area contributed by atoms with Crippen LogP contribution in [0.4, 0.5) is 5.69 Å². The Balaban J connectivity index is 1.95. The lowest BCUT2D eigenvalue weighted by Crippen LogP contribution is -2.17. The van der Waals surface area contributed by atoms with E-state index in [2.05, 4.69) is 15.3 Å². The Morgan fingerprint density at radius 1 is 1.21 bits per heavy atom. The van der Waals surface area contributed by atoms with E-state index in [0.717, 1.165) is 0 Å². The third kappa shape index (κ3) is 3.10. The fraction of sp³-hybridized carbons (Fsp3) is 0.176. The van der Waals surface area contributed by atoms with Gasteiger partial charge in [-0.05, 0) is 30.3 Å². The predicted octanol–water partition coefficient (Wildman–Crippen LogP) is 3.18. The van der Waals surface area contributed by atoms with Gasteiger partial charge in [0, 0.05) is 23.4 Å². The summed E-state index contributed by atoms with van der Waals surface area (Å²) in [6.45, 7) is 3.62. The number of oxazole rings is 1. The third-order valence-corrected chi connectivity index (χ3v) is 3.41. The molecule has 3 aromatic rings. The van der Waals surface area contributed by atoms with Crippen LogP contribution in [0.3, 0.4) is 0 Å². The first kappa shape index (κ1) is 15.7. The SMILES string of the molecule is CC(C)C(=O)Nc1ccc2oc(-c3ccnc(C(=O)O)c3)nc2c1. The molecular weight excluding hydrogens is 310 g/mol. The molecule has 0 saturated carbocycles. The van der Waals surface area contributed by atoms with Crippen LogP contribution in [0.1, 0.15) is 24.3 Å². The van der Waals surface area contributed by atoms with Gasteiger partial charge < -0.3 is 14.8 Å². The van der Waals surface area contributed by atoms with Crippen molar-refractivity contribution in [2.75, 3.05) is 5.32 Å². The second kappa shape index (κ2) is 6.11. The van der Waals surface area contributed by atoms with E-state index in [-0.39, 0.29) is 17.5 Å².